The van der Waals surface area contributed by atoms with E-state index in [1.165, 1.54) is 6.92 Å². The van der Waals surface area contributed by atoms with Crippen LogP contribution in [0.15, 0.2) is 12.1 Å². The van der Waals surface area contributed by atoms with Crippen LogP contribution in [0, 0.1) is 24.5 Å². The number of benzene rings is 1. The summed E-state index contributed by atoms with van der Waals surface area (Å²) in [5.41, 5.74) is -0.167. The van der Waals surface area contributed by atoms with Crippen LogP contribution in [0.3, 0.4) is 0 Å². The third-order valence-corrected chi connectivity index (χ3v) is 2.85. The Labute approximate surface area is 115 Å². The summed E-state index contributed by atoms with van der Waals surface area (Å²) in [7, 11) is 0. The smallest absolute Gasteiger partial charge is 0.319 e. The van der Waals surface area contributed by atoms with Crippen molar-refractivity contribution in [1.82, 2.24) is 5.32 Å². The minimum Gasteiger partial charge on any atom is -0.481 e. The first-order valence-corrected chi connectivity index (χ1v) is 6.08. The topological polar surface area (TPSA) is 78.4 Å². The zero-order chi connectivity index (χ0) is 15.3. The SMILES string of the molecule is CCC(CNC(=O)Nc1cc(F)c(C)cc1F)C(=O)O. The van der Waals surface area contributed by atoms with Crippen molar-refractivity contribution < 1.29 is 23.5 Å². The van der Waals surface area contributed by atoms with E-state index in [2.05, 4.69) is 10.6 Å². The molecule has 2 amide bonds. The van der Waals surface area contributed by atoms with E-state index >= 15 is 0 Å². The molecule has 1 atom stereocenters. The summed E-state index contributed by atoms with van der Waals surface area (Å²) in [6, 6.07) is 1.06. The summed E-state index contributed by atoms with van der Waals surface area (Å²) < 4.78 is 26.7. The van der Waals surface area contributed by atoms with Crippen molar-refractivity contribution >= 4 is 17.7 Å². The Morgan fingerprint density at radius 1 is 1.30 bits per heavy atom. The van der Waals surface area contributed by atoms with Crippen LogP contribution < -0.4 is 10.6 Å². The van der Waals surface area contributed by atoms with Crippen molar-refractivity contribution in [3.05, 3.63) is 29.3 Å². The van der Waals surface area contributed by atoms with Crippen LogP contribution in [0.5, 0.6) is 0 Å². The molecular formula is C13H16F2N2O3. The Hall–Kier alpha value is -2.18. The number of nitrogens with one attached hydrogen (secondary N) is 2. The zero-order valence-corrected chi connectivity index (χ0v) is 11.2. The number of halogens is 2. The molecule has 0 bridgehead atoms. The number of carboxylic acids is 1. The number of amides is 2. The van der Waals surface area contributed by atoms with E-state index in [1.54, 1.807) is 6.92 Å². The lowest BCUT2D eigenvalue weighted by molar-refractivity contribution is -0.141. The van der Waals surface area contributed by atoms with Crippen molar-refractivity contribution in [2.24, 2.45) is 5.92 Å². The molecule has 0 aliphatic carbocycles. The predicted octanol–water partition coefficient (Wildman–Crippen LogP) is 2.51. The lowest BCUT2D eigenvalue weighted by Crippen LogP contribution is -2.35. The maximum Gasteiger partial charge on any atom is 0.319 e. The molecule has 5 nitrogen and oxygen atoms in total. The minimum absolute atomic E-state index is 0.0897. The number of hydrogen-bond donors (Lipinski definition) is 3. The Balaban J connectivity index is 2.63. The van der Waals surface area contributed by atoms with E-state index in [-0.39, 0.29) is 17.8 Å². The fourth-order valence-corrected chi connectivity index (χ4v) is 1.53. The number of carbonyl (C=O) groups excluding carboxylic acids is 1. The van der Waals surface area contributed by atoms with Gasteiger partial charge >= 0.3 is 12.0 Å². The second-order valence-electron chi connectivity index (χ2n) is 4.36. The van der Waals surface area contributed by atoms with Gasteiger partial charge in [0.2, 0.25) is 0 Å². The molecule has 0 aliphatic heterocycles. The van der Waals surface area contributed by atoms with E-state index in [0.717, 1.165) is 12.1 Å². The fraction of sp³-hybridized carbons (Fsp3) is 0.385. The molecule has 0 spiro atoms. The third kappa shape index (κ3) is 4.18. The highest BCUT2D eigenvalue weighted by molar-refractivity contribution is 5.89. The number of rotatable bonds is 5. The lowest BCUT2D eigenvalue weighted by atomic mass is 10.1. The molecule has 0 saturated heterocycles. The van der Waals surface area contributed by atoms with Crippen LogP contribution in [0.1, 0.15) is 18.9 Å². The van der Waals surface area contributed by atoms with Gasteiger partial charge in [-0.15, -0.1) is 0 Å². The van der Waals surface area contributed by atoms with Gasteiger partial charge in [0.25, 0.3) is 0 Å². The Morgan fingerprint density at radius 2 is 1.95 bits per heavy atom. The molecule has 20 heavy (non-hydrogen) atoms. The maximum absolute atomic E-state index is 13.5. The molecule has 0 aromatic heterocycles. The molecular weight excluding hydrogens is 270 g/mol. The van der Waals surface area contributed by atoms with Gasteiger partial charge < -0.3 is 15.7 Å². The van der Waals surface area contributed by atoms with Gasteiger partial charge in [-0.05, 0) is 25.0 Å². The molecule has 110 valence electrons. The van der Waals surface area contributed by atoms with Gasteiger partial charge in [-0.2, -0.15) is 0 Å². The Kier molecular flexibility index (Phi) is 5.42. The number of hydrogen-bond acceptors (Lipinski definition) is 2. The van der Waals surface area contributed by atoms with Gasteiger partial charge in [0.1, 0.15) is 11.6 Å². The summed E-state index contributed by atoms with van der Waals surface area (Å²) in [6.07, 6.45) is 0.350. The average molecular weight is 286 g/mol. The van der Waals surface area contributed by atoms with Crippen molar-refractivity contribution in [2.45, 2.75) is 20.3 Å². The van der Waals surface area contributed by atoms with Gasteiger partial charge in [-0.3, -0.25) is 4.79 Å². The quantitative estimate of drug-likeness (QED) is 0.778. The second kappa shape index (κ2) is 6.83. The molecule has 0 heterocycles. The molecule has 0 radical (unpaired) electrons. The molecule has 3 N–H and O–H groups in total. The molecule has 1 unspecified atom stereocenters. The Morgan fingerprint density at radius 3 is 2.50 bits per heavy atom. The first-order chi connectivity index (χ1) is 9.35. The van der Waals surface area contributed by atoms with Crippen molar-refractivity contribution in [1.29, 1.82) is 0 Å². The number of carboxylic acid groups (broad SMARTS) is 1. The average Bonchev–Trinajstić information content (AvgIpc) is 2.36. The third-order valence-electron chi connectivity index (χ3n) is 2.85. The molecule has 7 heteroatoms. The Bertz CT molecular complexity index is 521. The molecule has 0 aliphatic rings. The van der Waals surface area contributed by atoms with Gasteiger partial charge in [0, 0.05) is 12.6 Å². The summed E-state index contributed by atoms with van der Waals surface area (Å²) >= 11 is 0. The standard InChI is InChI=1S/C13H16F2N2O3/c1-3-8(12(18)19)6-16-13(20)17-11-5-9(14)7(2)4-10(11)15/h4-5,8H,3,6H2,1-2H3,(H,18,19)(H2,16,17,20). The summed E-state index contributed by atoms with van der Waals surface area (Å²) in [4.78, 5) is 22.3. The zero-order valence-electron chi connectivity index (χ0n) is 11.2. The highest BCUT2D eigenvalue weighted by Gasteiger charge is 2.16. The number of aryl methyl sites for hydroxylation is 1. The second-order valence-corrected chi connectivity index (χ2v) is 4.36. The maximum atomic E-state index is 13.5. The van der Waals surface area contributed by atoms with Crippen LogP contribution in [-0.2, 0) is 4.79 Å². The first-order valence-electron chi connectivity index (χ1n) is 6.08. The van der Waals surface area contributed by atoms with E-state index in [4.69, 9.17) is 5.11 Å². The van der Waals surface area contributed by atoms with Crippen LogP contribution in [0.25, 0.3) is 0 Å². The number of anilines is 1. The van der Waals surface area contributed by atoms with E-state index in [0.29, 0.717) is 6.42 Å². The summed E-state index contributed by atoms with van der Waals surface area (Å²) in [5, 5.41) is 13.2. The monoisotopic (exact) mass is 286 g/mol. The highest BCUT2D eigenvalue weighted by atomic mass is 19.1. The molecule has 0 fully saturated rings. The van der Waals surface area contributed by atoms with E-state index < -0.39 is 29.6 Å². The minimum atomic E-state index is -1.03. The van der Waals surface area contributed by atoms with Gasteiger partial charge in [0.15, 0.2) is 0 Å². The lowest BCUT2D eigenvalue weighted by Gasteiger charge is -2.12. The molecule has 1 aromatic rings. The van der Waals surface area contributed by atoms with Gasteiger partial charge in [0.05, 0.1) is 11.6 Å². The summed E-state index contributed by atoms with van der Waals surface area (Å²) in [5.74, 6) is -3.15. The molecule has 1 aromatic carbocycles. The number of aliphatic carboxylic acids is 1. The van der Waals surface area contributed by atoms with E-state index in [9.17, 15) is 18.4 Å². The molecule has 0 saturated carbocycles. The normalized spacial score (nSPS) is 11.8. The van der Waals surface area contributed by atoms with Gasteiger partial charge in [-0.1, -0.05) is 6.92 Å². The van der Waals surface area contributed by atoms with Crippen LogP contribution in [0.2, 0.25) is 0 Å². The number of urea groups is 1. The molecule has 1 rings (SSSR count). The highest BCUT2D eigenvalue weighted by Crippen LogP contribution is 2.18. The van der Waals surface area contributed by atoms with Crippen molar-refractivity contribution in [3.8, 4) is 0 Å². The fourth-order valence-electron chi connectivity index (χ4n) is 1.53. The summed E-state index contributed by atoms with van der Waals surface area (Å²) in [6.45, 7) is 2.99. The van der Waals surface area contributed by atoms with Crippen molar-refractivity contribution in [3.63, 3.8) is 0 Å². The first kappa shape index (κ1) is 15.9. The van der Waals surface area contributed by atoms with Gasteiger partial charge in [-0.25, -0.2) is 13.6 Å². The number of carbonyl (C=O) groups is 2. The van der Waals surface area contributed by atoms with E-state index in [1.807, 2.05) is 0 Å². The van der Waals surface area contributed by atoms with Crippen molar-refractivity contribution in [2.75, 3.05) is 11.9 Å². The van der Waals surface area contributed by atoms with Crippen LogP contribution in [-0.4, -0.2) is 23.7 Å². The largest absolute Gasteiger partial charge is 0.481 e. The van der Waals surface area contributed by atoms with Crippen LogP contribution >= 0.6 is 0 Å². The predicted molar refractivity (Wildman–Crippen MR) is 69.5 cm³/mol. The van der Waals surface area contributed by atoms with Crippen LogP contribution in [0.4, 0.5) is 19.3 Å².